The minimum atomic E-state index is -0.914. The summed E-state index contributed by atoms with van der Waals surface area (Å²) >= 11 is 0. The van der Waals surface area contributed by atoms with Crippen molar-refractivity contribution in [3.05, 3.63) is 63.1 Å². The Kier molecular flexibility index (Phi) is 14.6. The van der Waals surface area contributed by atoms with E-state index in [1.807, 2.05) is 6.92 Å². The molecule has 2 atom stereocenters. The fraction of sp³-hybridized carbons (Fsp3) is 0.622. The van der Waals surface area contributed by atoms with Crippen molar-refractivity contribution in [3.8, 4) is 5.75 Å². The van der Waals surface area contributed by atoms with Gasteiger partial charge in [0.2, 0.25) is 11.2 Å². The molecular formula is C37H51F2N3O6. The lowest BCUT2D eigenvalue weighted by Crippen LogP contribution is -2.49. The average molecular weight is 672 g/mol. The molecule has 0 spiro atoms. The normalized spacial score (nSPS) is 16.9. The highest BCUT2D eigenvalue weighted by molar-refractivity contribution is 6.00. The number of hydrogen-bond donors (Lipinski definition) is 1. The molecule has 1 aromatic carbocycles. The van der Waals surface area contributed by atoms with Gasteiger partial charge in [0, 0.05) is 30.8 Å². The zero-order valence-corrected chi connectivity index (χ0v) is 28.5. The Bertz CT molecular complexity index is 1460. The van der Waals surface area contributed by atoms with E-state index in [0.717, 1.165) is 25.3 Å². The molecule has 0 bridgehead atoms. The van der Waals surface area contributed by atoms with Gasteiger partial charge in [0.1, 0.15) is 17.2 Å². The Hall–Kier alpha value is -3.60. The monoisotopic (exact) mass is 671 g/mol. The molecule has 0 radical (unpaired) electrons. The van der Waals surface area contributed by atoms with E-state index in [1.54, 1.807) is 0 Å². The lowest BCUT2D eigenvalue weighted by Gasteiger charge is -2.34. The van der Waals surface area contributed by atoms with Gasteiger partial charge < -0.3 is 24.3 Å². The smallest absolute Gasteiger partial charge is 0.311 e. The van der Waals surface area contributed by atoms with Crippen molar-refractivity contribution in [3.63, 3.8) is 0 Å². The molecule has 48 heavy (non-hydrogen) atoms. The zero-order chi connectivity index (χ0) is 34.5. The molecule has 2 aliphatic rings. The number of unbranched alkanes of at least 4 members (excludes halogenated alkanes) is 14. The van der Waals surface area contributed by atoms with Crippen molar-refractivity contribution in [2.75, 3.05) is 6.61 Å². The second kappa shape index (κ2) is 18.8. The number of fused-ring (bicyclic) bond motifs is 2. The zero-order valence-electron chi connectivity index (χ0n) is 28.5. The van der Waals surface area contributed by atoms with Crippen LogP contribution in [-0.2, 0) is 22.6 Å². The predicted octanol–water partition coefficient (Wildman–Crippen LogP) is 7.42. The molecular weight excluding hydrogens is 620 g/mol. The summed E-state index contributed by atoms with van der Waals surface area (Å²) in [5.74, 6) is -4.13. The highest BCUT2D eigenvalue weighted by Crippen LogP contribution is 2.30. The van der Waals surface area contributed by atoms with E-state index in [0.29, 0.717) is 19.1 Å². The number of hydrogen-bond acceptors (Lipinski definition) is 6. The largest absolute Gasteiger partial charge is 0.420 e. The molecule has 1 aromatic heterocycles. The van der Waals surface area contributed by atoms with Crippen LogP contribution in [0.25, 0.3) is 0 Å². The summed E-state index contributed by atoms with van der Waals surface area (Å²) in [6.07, 6.45) is 18.6. The number of nitrogens with zero attached hydrogens (tertiary/aromatic N) is 2. The van der Waals surface area contributed by atoms with E-state index in [9.17, 15) is 28.0 Å². The minimum absolute atomic E-state index is 0.0251. The molecule has 1 saturated heterocycles. The lowest BCUT2D eigenvalue weighted by molar-refractivity contribution is -0.134. The van der Waals surface area contributed by atoms with Crippen LogP contribution in [0.3, 0.4) is 0 Å². The molecule has 4 rings (SSSR count). The molecule has 3 heterocycles. The summed E-state index contributed by atoms with van der Waals surface area (Å²) in [6, 6.07) is 2.71. The Morgan fingerprint density at radius 2 is 1.52 bits per heavy atom. The van der Waals surface area contributed by atoms with Crippen molar-refractivity contribution in [1.82, 2.24) is 14.8 Å². The first-order valence-electron chi connectivity index (χ1n) is 17.9. The quantitative estimate of drug-likeness (QED) is 0.116. The number of amides is 2. The number of halogens is 2. The molecule has 1 fully saturated rings. The molecule has 264 valence electrons. The maximum absolute atomic E-state index is 14.1. The summed E-state index contributed by atoms with van der Waals surface area (Å²) in [7, 11) is 0. The van der Waals surface area contributed by atoms with Gasteiger partial charge in [0.15, 0.2) is 11.9 Å². The average Bonchev–Trinajstić information content (AvgIpc) is 3.43. The number of nitrogens with one attached hydrogen (secondary N) is 1. The van der Waals surface area contributed by atoms with Crippen molar-refractivity contribution in [2.24, 2.45) is 0 Å². The summed E-state index contributed by atoms with van der Waals surface area (Å²) in [5.41, 5.74) is -1.37. The third-order valence-electron chi connectivity index (χ3n) is 9.24. The number of pyridine rings is 1. The highest BCUT2D eigenvalue weighted by atomic mass is 19.1. The van der Waals surface area contributed by atoms with Gasteiger partial charge in [0.25, 0.3) is 11.8 Å². The Balaban J connectivity index is 1.30. The SMILES string of the molecule is CCCCCCCCCCCCCCCCCC(=O)Oc1c2n(cc(C(=O)NCc3ccc(F)cc3F)c1=O)CC1OCC(C)N1C2=O. The van der Waals surface area contributed by atoms with Gasteiger partial charge in [-0.1, -0.05) is 103 Å². The number of aromatic nitrogens is 1. The summed E-state index contributed by atoms with van der Waals surface area (Å²) in [4.78, 5) is 54.7. The molecule has 0 aliphatic carbocycles. The molecule has 2 amide bonds. The van der Waals surface area contributed by atoms with Crippen LogP contribution in [0.1, 0.15) is 143 Å². The van der Waals surface area contributed by atoms with Crippen LogP contribution in [0.5, 0.6) is 5.75 Å². The first-order chi connectivity index (χ1) is 23.2. The van der Waals surface area contributed by atoms with Crippen LogP contribution >= 0.6 is 0 Å². The summed E-state index contributed by atoms with van der Waals surface area (Å²) in [6.45, 7) is 4.19. The van der Waals surface area contributed by atoms with Crippen molar-refractivity contribution < 1.29 is 32.6 Å². The Morgan fingerprint density at radius 3 is 2.12 bits per heavy atom. The second-order valence-corrected chi connectivity index (χ2v) is 13.1. The van der Waals surface area contributed by atoms with E-state index in [4.69, 9.17) is 9.47 Å². The minimum Gasteiger partial charge on any atom is -0.420 e. The molecule has 11 heteroatoms. The van der Waals surface area contributed by atoms with Crippen LogP contribution in [0.4, 0.5) is 8.78 Å². The van der Waals surface area contributed by atoms with E-state index in [-0.39, 0.29) is 42.4 Å². The second-order valence-electron chi connectivity index (χ2n) is 13.1. The van der Waals surface area contributed by atoms with Crippen molar-refractivity contribution >= 4 is 17.8 Å². The van der Waals surface area contributed by atoms with E-state index in [1.165, 1.54) is 92.4 Å². The topological polar surface area (TPSA) is 107 Å². The third-order valence-corrected chi connectivity index (χ3v) is 9.24. The van der Waals surface area contributed by atoms with Gasteiger partial charge in [-0.15, -0.1) is 0 Å². The fourth-order valence-corrected chi connectivity index (χ4v) is 6.46. The van der Waals surface area contributed by atoms with E-state index >= 15 is 0 Å². The molecule has 2 aliphatic heterocycles. The number of benzene rings is 1. The van der Waals surface area contributed by atoms with Crippen LogP contribution in [0.2, 0.25) is 0 Å². The van der Waals surface area contributed by atoms with Crippen LogP contribution in [0.15, 0.2) is 29.2 Å². The highest BCUT2D eigenvalue weighted by Gasteiger charge is 2.43. The van der Waals surface area contributed by atoms with Gasteiger partial charge in [-0.2, -0.15) is 0 Å². The number of carbonyl (C=O) groups excluding carboxylic acids is 3. The number of esters is 1. The predicted molar refractivity (Wildman–Crippen MR) is 179 cm³/mol. The number of rotatable bonds is 20. The van der Waals surface area contributed by atoms with Gasteiger partial charge in [-0.25, -0.2) is 8.78 Å². The first-order valence-corrected chi connectivity index (χ1v) is 17.9. The van der Waals surface area contributed by atoms with Crippen LogP contribution in [-0.4, -0.2) is 46.1 Å². The molecule has 2 unspecified atom stereocenters. The van der Waals surface area contributed by atoms with Gasteiger partial charge in [-0.3, -0.25) is 19.2 Å². The molecule has 9 nitrogen and oxygen atoms in total. The van der Waals surface area contributed by atoms with Crippen molar-refractivity contribution in [1.29, 1.82) is 0 Å². The number of ether oxygens (including phenoxy) is 2. The van der Waals surface area contributed by atoms with E-state index in [2.05, 4.69) is 12.2 Å². The third kappa shape index (κ3) is 10.2. The van der Waals surface area contributed by atoms with Gasteiger partial charge >= 0.3 is 5.97 Å². The molecule has 1 N–H and O–H groups in total. The van der Waals surface area contributed by atoms with Gasteiger partial charge in [-0.05, 0) is 19.4 Å². The summed E-state index contributed by atoms with van der Waals surface area (Å²) in [5, 5.41) is 2.47. The van der Waals surface area contributed by atoms with E-state index < -0.39 is 46.8 Å². The molecule has 0 saturated carbocycles. The van der Waals surface area contributed by atoms with Crippen molar-refractivity contribution in [2.45, 2.75) is 142 Å². The fourth-order valence-electron chi connectivity index (χ4n) is 6.46. The standard InChI is InChI=1S/C37H51F2N3O6/c1-3-4-5-6-7-8-9-10-11-12-13-14-15-16-17-18-32(43)48-35-33-37(46)42-26(2)25-47-31(42)24-41(33)23-29(34(35)44)36(45)40-22-27-19-20-28(38)21-30(27)39/h19-21,23,26,31H,3-18,22,24-25H2,1-2H3,(H,40,45). The number of carbonyl (C=O) groups is 3. The Labute approximate surface area is 282 Å². The first kappa shape index (κ1) is 37.2. The van der Waals surface area contributed by atoms with Crippen LogP contribution in [0, 0.1) is 11.6 Å². The van der Waals surface area contributed by atoms with Crippen LogP contribution < -0.4 is 15.5 Å². The molecule has 2 aromatic rings. The lowest BCUT2D eigenvalue weighted by atomic mass is 10.0. The Morgan fingerprint density at radius 1 is 0.917 bits per heavy atom. The maximum atomic E-state index is 14.1. The van der Waals surface area contributed by atoms with Gasteiger partial charge in [0.05, 0.1) is 19.2 Å². The summed E-state index contributed by atoms with van der Waals surface area (Å²) < 4.78 is 40.2. The maximum Gasteiger partial charge on any atom is 0.311 e.